The molecule has 1 atom stereocenters. The van der Waals surface area contributed by atoms with E-state index in [1.54, 1.807) is 18.2 Å². The lowest BCUT2D eigenvalue weighted by Gasteiger charge is -2.34. The van der Waals surface area contributed by atoms with Crippen LogP contribution in [0.15, 0.2) is 65.6 Å². The SMILES string of the molecule is COc1ccc(C)cc1NS(=O)(=O)c1ccc(NC(=O)[C@H]2CN(S(C)(=O)=O)c3cc(Cl)ccc3O2)cc1. The standard InChI is InChI=1S/C24H24ClN3O7S2/c1-15-4-10-21(34-2)19(12-15)27-37(32,33)18-8-6-17(7-9-18)26-24(29)23-14-28(36(3,30)31)20-13-16(25)5-11-22(20)35-23/h4-13,23,27H,14H2,1-3H3,(H,26,29)/t23-/m1/s1. The van der Waals surface area contributed by atoms with Gasteiger partial charge in [-0.2, -0.15) is 0 Å². The lowest BCUT2D eigenvalue weighted by molar-refractivity contribution is -0.122. The Morgan fingerprint density at radius 3 is 2.41 bits per heavy atom. The van der Waals surface area contributed by atoms with Gasteiger partial charge in [-0.25, -0.2) is 16.8 Å². The van der Waals surface area contributed by atoms with Crippen LogP contribution in [0.4, 0.5) is 17.1 Å². The molecule has 0 saturated carbocycles. The van der Waals surface area contributed by atoms with E-state index < -0.39 is 32.1 Å². The average Bonchev–Trinajstić information content (AvgIpc) is 2.83. The third-order valence-electron chi connectivity index (χ3n) is 5.51. The number of aryl methyl sites for hydroxylation is 1. The monoisotopic (exact) mass is 565 g/mol. The molecular weight excluding hydrogens is 542 g/mol. The first-order chi connectivity index (χ1) is 17.4. The van der Waals surface area contributed by atoms with Crippen molar-refractivity contribution in [1.82, 2.24) is 0 Å². The summed E-state index contributed by atoms with van der Waals surface area (Å²) >= 11 is 6.00. The van der Waals surface area contributed by atoms with Crippen molar-refractivity contribution in [3.63, 3.8) is 0 Å². The van der Waals surface area contributed by atoms with Crippen molar-refractivity contribution in [2.75, 3.05) is 34.3 Å². The number of nitrogens with zero attached hydrogens (tertiary/aromatic N) is 1. The summed E-state index contributed by atoms with van der Waals surface area (Å²) in [5.41, 5.74) is 1.69. The van der Waals surface area contributed by atoms with Crippen LogP contribution in [-0.4, -0.2) is 48.8 Å². The largest absolute Gasteiger partial charge is 0.495 e. The minimum atomic E-state index is -3.94. The molecule has 4 rings (SSSR count). The second-order valence-corrected chi connectivity index (χ2v) is 12.4. The van der Waals surface area contributed by atoms with Gasteiger partial charge in [0.2, 0.25) is 10.0 Å². The molecule has 0 bridgehead atoms. The van der Waals surface area contributed by atoms with Crippen LogP contribution >= 0.6 is 11.6 Å². The number of carbonyl (C=O) groups excluding carboxylic acids is 1. The molecule has 0 saturated heterocycles. The molecular formula is C24H24ClN3O7S2. The van der Waals surface area contributed by atoms with Crippen LogP contribution in [-0.2, 0) is 24.8 Å². The molecule has 0 aliphatic carbocycles. The van der Waals surface area contributed by atoms with Crippen molar-refractivity contribution < 1.29 is 31.1 Å². The first-order valence-corrected chi connectivity index (χ1v) is 14.6. The minimum absolute atomic E-state index is 0.0305. The first-order valence-electron chi connectivity index (χ1n) is 10.9. The molecule has 10 nitrogen and oxygen atoms in total. The third kappa shape index (κ3) is 5.92. The Kier molecular flexibility index (Phi) is 7.27. The number of methoxy groups -OCH3 is 1. The van der Waals surface area contributed by atoms with Crippen LogP contribution in [0.25, 0.3) is 0 Å². The van der Waals surface area contributed by atoms with Crippen LogP contribution in [0.2, 0.25) is 5.02 Å². The Morgan fingerprint density at radius 1 is 1.05 bits per heavy atom. The zero-order valence-electron chi connectivity index (χ0n) is 20.1. The fourth-order valence-corrected chi connectivity index (χ4v) is 5.85. The number of carbonyl (C=O) groups is 1. The topological polar surface area (TPSA) is 131 Å². The molecule has 0 unspecified atom stereocenters. The maximum atomic E-state index is 12.9. The number of halogens is 1. The number of nitrogens with one attached hydrogen (secondary N) is 2. The Balaban J connectivity index is 1.50. The van der Waals surface area contributed by atoms with Crippen molar-refractivity contribution in [1.29, 1.82) is 0 Å². The molecule has 0 spiro atoms. The number of rotatable bonds is 7. The predicted octanol–water partition coefficient (Wildman–Crippen LogP) is 3.62. The van der Waals surface area contributed by atoms with Gasteiger partial charge in [0, 0.05) is 10.7 Å². The number of fused-ring (bicyclic) bond motifs is 1. The molecule has 3 aromatic rings. The lowest BCUT2D eigenvalue weighted by Crippen LogP contribution is -2.48. The number of amides is 1. The summed E-state index contributed by atoms with van der Waals surface area (Å²) in [4.78, 5) is 12.9. The van der Waals surface area contributed by atoms with Crippen molar-refractivity contribution in [2.45, 2.75) is 17.9 Å². The maximum Gasteiger partial charge on any atom is 0.267 e. The van der Waals surface area contributed by atoms with E-state index in [-0.39, 0.29) is 22.9 Å². The summed E-state index contributed by atoms with van der Waals surface area (Å²) in [6.45, 7) is 1.57. The van der Waals surface area contributed by atoms with Crippen molar-refractivity contribution >= 4 is 54.6 Å². The van der Waals surface area contributed by atoms with E-state index >= 15 is 0 Å². The van der Waals surface area contributed by atoms with E-state index in [0.29, 0.717) is 22.1 Å². The molecule has 1 heterocycles. The Morgan fingerprint density at radius 2 is 1.76 bits per heavy atom. The van der Waals surface area contributed by atoms with Crippen molar-refractivity contribution in [2.24, 2.45) is 0 Å². The van der Waals surface area contributed by atoms with Crippen LogP contribution in [0.1, 0.15) is 5.56 Å². The van der Waals surface area contributed by atoms with Gasteiger partial charge in [-0.05, 0) is 67.1 Å². The second-order valence-electron chi connectivity index (χ2n) is 8.34. The maximum absolute atomic E-state index is 12.9. The number of benzene rings is 3. The van der Waals surface area contributed by atoms with Gasteiger partial charge < -0.3 is 14.8 Å². The number of anilines is 3. The molecule has 2 N–H and O–H groups in total. The van der Waals surface area contributed by atoms with Crippen molar-refractivity contribution in [3.05, 3.63) is 71.2 Å². The van der Waals surface area contributed by atoms with Gasteiger partial charge in [-0.3, -0.25) is 13.8 Å². The van der Waals surface area contributed by atoms with E-state index in [2.05, 4.69) is 10.0 Å². The third-order valence-corrected chi connectivity index (χ3v) is 8.28. The number of hydrogen-bond donors (Lipinski definition) is 2. The van der Waals surface area contributed by atoms with Gasteiger partial charge >= 0.3 is 0 Å². The Hall–Kier alpha value is -3.48. The smallest absolute Gasteiger partial charge is 0.267 e. The number of hydrogen-bond acceptors (Lipinski definition) is 7. The van der Waals surface area contributed by atoms with Gasteiger partial charge in [-0.1, -0.05) is 17.7 Å². The molecule has 0 fully saturated rings. The molecule has 37 heavy (non-hydrogen) atoms. The van der Waals surface area contributed by atoms with E-state index in [1.165, 1.54) is 49.6 Å². The Bertz CT molecular complexity index is 1560. The average molecular weight is 566 g/mol. The van der Waals surface area contributed by atoms with Gasteiger partial charge in [0.25, 0.3) is 15.9 Å². The van der Waals surface area contributed by atoms with Crippen molar-refractivity contribution in [3.8, 4) is 11.5 Å². The highest BCUT2D eigenvalue weighted by molar-refractivity contribution is 7.92. The highest BCUT2D eigenvalue weighted by Crippen LogP contribution is 2.37. The zero-order chi connectivity index (χ0) is 27.0. The highest BCUT2D eigenvalue weighted by atomic mass is 35.5. The predicted molar refractivity (Wildman–Crippen MR) is 142 cm³/mol. The molecule has 1 aliphatic rings. The zero-order valence-corrected chi connectivity index (χ0v) is 22.4. The summed E-state index contributed by atoms with van der Waals surface area (Å²) in [5.74, 6) is -0.0367. The second kappa shape index (κ2) is 10.1. The molecule has 196 valence electrons. The number of ether oxygens (including phenoxy) is 2. The first kappa shape index (κ1) is 26.6. The number of sulfonamides is 2. The molecule has 0 aromatic heterocycles. The highest BCUT2D eigenvalue weighted by Gasteiger charge is 2.35. The summed E-state index contributed by atoms with van der Waals surface area (Å²) in [6, 6.07) is 15.1. The van der Waals surface area contributed by atoms with Gasteiger partial charge in [-0.15, -0.1) is 0 Å². The van der Waals surface area contributed by atoms with E-state index in [0.717, 1.165) is 16.1 Å². The van der Waals surface area contributed by atoms with Gasteiger partial charge in [0.05, 0.1) is 36.2 Å². The lowest BCUT2D eigenvalue weighted by atomic mass is 10.2. The van der Waals surface area contributed by atoms with E-state index in [1.807, 2.05) is 6.92 Å². The fourth-order valence-electron chi connectivity index (χ4n) is 3.72. The van der Waals surface area contributed by atoms with Crippen LogP contribution in [0, 0.1) is 6.92 Å². The van der Waals surface area contributed by atoms with Gasteiger partial charge in [0.1, 0.15) is 11.5 Å². The van der Waals surface area contributed by atoms with Crippen LogP contribution < -0.4 is 23.8 Å². The summed E-state index contributed by atoms with van der Waals surface area (Å²) in [5, 5.41) is 2.96. The molecule has 13 heteroatoms. The molecule has 1 aliphatic heterocycles. The normalized spacial score (nSPS) is 15.4. The quantitative estimate of drug-likeness (QED) is 0.447. The van der Waals surface area contributed by atoms with E-state index in [9.17, 15) is 21.6 Å². The summed E-state index contributed by atoms with van der Waals surface area (Å²) in [6.07, 6.45) is -0.125. The fraction of sp³-hybridized carbons (Fsp3) is 0.208. The van der Waals surface area contributed by atoms with Crippen LogP contribution in [0.3, 0.4) is 0 Å². The molecule has 3 aromatic carbocycles. The molecule has 1 amide bonds. The summed E-state index contributed by atoms with van der Waals surface area (Å²) in [7, 11) is -6.22. The summed E-state index contributed by atoms with van der Waals surface area (Å²) < 4.78 is 65.0. The Labute approximate surface area is 220 Å². The van der Waals surface area contributed by atoms with Gasteiger partial charge in [0.15, 0.2) is 6.10 Å². The molecule has 0 radical (unpaired) electrons. The van der Waals surface area contributed by atoms with Crippen LogP contribution in [0.5, 0.6) is 11.5 Å². The van der Waals surface area contributed by atoms with E-state index in [4.69, 9.17) is 21.1 Å². The minimum Gasteiger partial charge on any atom is -0.495 e.